The molecule has 0 atom stereocenters. The summed E-state index contributed by atoms with van der Waals surface area (Å²) in [5.41, 5.74) is 5.54. The lowest BCUT2D eigenvalue weighted by Crippen LogP contribution is -2.13. The molecule has 170 valence electrons. The Kier molecular flexibility index (Phi) is 6.30. The molecule has 1 aromatic carbocycles. The Morgan fingerprint density at radius 1 is 1.09 bits per heavy atom. The fourth-order valence-corrected chi connectivity index (χ4v) is 3.90. The first-order valence-corrected chi connectivity index (χ1v) is 10.8. The molecule has 0 saturated heterocycles. The van der Waals surface area contributed by atoms with Crippen molar-refractivity contribution < 1.29 is 13.9 Å². The summed E-state index contributed by atoms with van der Waals surface area (Å²) in [7, 11) is 1.88. The van der Waals surface area contributed by atoms with Crippen molar-refractivity contribution in [3.05, 3.63) is 76.9 Å². The molecule has 0 amide bonds. The normalized spacial score (nSPS) is 11.1. The van der Waals surface area contributed by atoms with Crippen molar-refractivity contribution in [2.24, 2.45) is 7.05 Å². The zero-order chi connectivity index (χ0) is 23.5. The molecule has 33 heavy (non-hydrogen) atoms. The molecule has 0 radical (unpaired) electrons. The van der Waals surface area contributed by atoms with E-state index in [1.165, 1.54) is 23.1 Å². The fourth-order valence-electron chi connectivity index (χ4n) is 3.90. The molecule has 0 aliphatic rings. The average Bonchev–Trinajstić information content (AvgIpc) is 3.34. The van der Waals surface area contributed by atoms with Crippen molar-refractivity contribution >= 4 is 5.97 Å². The summed E-state index contributed by atoms with van der Waals surface area (Å²) in [6.45, 7) is 5.90. The van der Waals surface area contributed by atoms with E-state index < -0.39 is 5.97 Å². The van der Waals surface area contributed by atoms with Gasteiger partial charge in [0.25, 0.3) is 0 Å². The molecule has 9 heteroatoms. The molecule has 0 aliphatic carbocycles. The van der Waals surface area contributed by atoms with Gasteiger partial charge in [-0.15, -0.1) is 0 Å². The van der Waals surface area contributed by atoms with Crippen LogP contribution in [0.25, 0.3) is 17.1 Å². The predicted octanol–water partition coefficient (Wildman–Crippen LogP) is 3.84. The van der Waals surface area contributed by atoms with E-state index in [9.17, 15) is 9.18 Å². The van der Waals surface area contributed by atoms with Gasteiger partial charge in [0.05, 0.1) is 29.4 Å². The van der Waals surface area contributed by atoms with Crippen molar-refractivity contribution in [2.45, 2.75) is 33.6 Å². The third-order valence-corrected chi connectivity index (χ3v) is 5.29. The van der Waals surface area contributed by atoms with Gasteiger partial charge in [-0.05, 0) is 50.6 Å². The number of carbonyl (C=O) groups is 1. The van der Waals surface area contributed by atoms with Gasteiger partial charge in [-0.1, -0.05) is 6.92 Å². The van der Waals surface area contributed by atoms with Crippen molar-refractivity contribution in [2.75, 3.05) is 6.61 Å². The molecule has 0 unspecified atom stereocenters. The van der Waals surface area contributed by atoms with Crippen LogP contribution in [-0.2, 0) is 24.6 Å². The SMILES string of the molecule is CCOC(=O)c1cc(C)nn1-c1cc(Cc2nn(C)c(-c3ccc(F)cc3)c2CC)ncn1. The summed E-state index contributed by atoms with van der Waals surface area (Å²) in [5, 5.41) is 9.12. The van der Waals surface area contributed by atoms with Gasteiger partial charge in [-0.2, -0.15) is 10.2 Å². The number of esters is 1. The van der Waals surface area contributed by atoms with E-state index in [0.29, 0.717) is 23.6 Å². The molecular weight excluding hydrogens is 423 g/mol. The number of ether oxygens (including phenoxy) is 1. The Morgan fingerprint density at radius 3 is 2.55 bits per heavy atom. The highest BCUT2D eigenvalue weighted by Crippen LogP contribution is 2.28. The predicted molar refractivity (Wildman–Crippen MR) is 121 cm³/mol. The number of benzene rings is 1. The first-order chi connectivity index (χ1) is 15.9. The second-order valence-corrected chi connectivity index (χ2v) is 7.61. The molecule has 8 nitrogen and oxygen atoms in total. The van der Waals surface area contributed by atoms with Crippen LogP contribution in [0.4, 0.5) is 4.39 Å². The number of aromatic nitrogens is 6. The van der Waals surface area contributed by atoms with Crippen LogP contribution in [0, 0.1) is 12.7 Å². The number of hydrogen-bond donors (Lipinski definition) is 0. The third kappa shape index (κ3) is 4.52. The molecule has 4 aromatic rings. The Labute approximate surface area is 191 Å². The van der Waals surface area contributed by atoms with Gasteiger partial charge in [0.15, 0.2) is 11.5 Å². The van der Waals surface area contributed by atoms with Crippen LogP contribution in [-0.4, -0.2) is 42.1 Å². The third-order valence-electron chi connectivity index (χ3n) is 5.29. The maximum atomic E-state index is 13.4. The Hall–Kier alpha value is -3.88. The van der Waals surface area contributed by atoms with E-state index >= 15 is 0 Å². The molecule has 0 bridgehead atoms. The number of hydrogen-bond acceptors (Lipinski definition) is 6. The van der Waals surface area contributed by atoms with Gasteiger partial charge >= 0.3 is 5.97 Å². The van der Waals surface area contributed by atoms with Crippen molar-refractivity contribution in [3.8, 4) is 17.1 Å². The van der Waals surface area contributed by atoms with Crippen LogP contribution in [0.2, 0.25) is 0 Å². The standard InChI is InChI=1S/C24H25FN6O2/c1-5-19-20(29-30(4)23(19)16-7-9-17(25)10-8-16)12-18-13-22(27-14-26-18)31-21(11-15(3)28-31)24(32)33-6-2/h7-11,13-14H,5-6,12H2,1-4H3. The zero-order valence-corrected chi connectivity index (χ0v) is 19.0. The summed E-state index contributed by atoms with van der Waals surface area (Å²) in [4.78, 5) is 21.1. The van der Waals surface area contributed by atoms with E-state index in [2.05, 4.69) is 22.0 Å². The number of rotatable bonds is 7. The van der Waals surface area contributed by atoms with Crippen LogP contribution in [0.3, 0.4) is 0 Å². The molecule has 0 spiro atoms. The molecular formula is C24H25FN6O2. The lowest BCUT2D eigenvalue weighted by atomic mass is 10.0. The van der Waals surface area contributed by atoms with Gasteiger partial charge in [0, 0.05) is 30.7 Å². The number of halogens is 1. The van der Waals surface area contributed by atoms with E-state index in [1.54, 1.807) is 38.1 Å². The summed E-state index contributed by atoms with van der Waals surface area (Å²) >= 11 is 0. The van der Waals surface area contributed by atoms with Crippen LogP contribution in [0.1, 0.15) is 47.0 Å². The smallest absolute Gasteiger partial charge is 0.357 e. The minimum Gasteiger partial charge on any atom is -0.461 e. The number of carbonyl (C=O) groups excluding carboxylic acids is 1. The van der Waals surface area contributed by atoms with Crippen LogP contribution in [0.5, 0.6) is 0 Å². The van der Waals surface area contributed by atoms with Gasteiger partial charge < -0.3 is 4.74 Å². The second-order valence-electron chi connectivity index (χ2n) is 7.61. The summed E-state index contributed by atoms with van der Waals surface area (Å²) in [5.74, 6) is -0.257. The minimum absolute atomic E-state index is 0.272. The van der Waals surface area contributed by atoms with Gasteiger partial charge in [0.2, 0.25) is 0 Å². The van der Waals surface area contributed by atoms with Crippen molar-refractivity contribution in [1.82, 2.24) is 29.5 Å². The fraction of sp³-hybridized carbons (Fsp3) is 0.292. The van der Waals surface area contributed by atoms with Crippen molar-refractivity contribution in [1.29, 1.82) is 0 Å². The molecule has 0 fully saturated rings. The largest absolute Gasteiger partial charge is 0.461 e. The lowest BCUT2D eigenvalue weighted by Gasteiger charge is -2.08. The first kappa shape index (κ1) is 22.3. The van der Waals surface area contributed by atoms with Gasteiger partial charge in [-0.3, -0.25) is 4.68 Å². The highest BCUT2D eigenvalue weighted by Gasteiger charge is 2.20. The van der Waals surface area contributed by atoms with Gasteiger partial charge in [0.1, 0.15) is 12.1 Å². The quantitative estimate of drug-likeness (QED) is 0.399. The molecule has 3 aromatic heterocycles. The lowest BCUT2D eigenvalue weighted by molar-refractivity contribution is 0.0515. The maximum absolute atomic E-state index is 13.4. The average molecular weight is 449 g/mol. The maximum Gasteiger partial charge on any atom is 0.357 e. The Balaban J connectivity index is 1.69. The van der Waals surface area contributed by atoms with E-state index in [4.69, 9.17) is 9.84 Å². The minimum atomic E-state index is -0.458. The number of nitrogens with zero attached hydrogens (tertiary/aromatic N) is 6. The van der Waals surface area contributed by atoms with Crippen LogP contribution in [0.15, 0.2) is 42.7 Å². The summed E-state index contributed by atoms with van der Waals surface area (Å²) in [6, 6.07) is 9.88. The van der Waals surface area contributed by atoms with E-state index in [-0.39, 0.29) is 12.4 Å². The molecule has 0 aliphatic heterocycles. The first-order valence-electron chi connectivity index (χ1n) is 10.8. The monoisotopic (exact) mass is 448 g/mol. The highest BCUT2D eigenvalue weighted by molar-refractivity contribution is 5.88. The van der Waals surface area contributed by atoms with Crippen LogP contribution < -0.4 is 0 Å². The topological polar surface area (TPSA) is 87.7 Å². The molecule has 0 saturated carbocycles. The second kappa shape index (κ2) is 9.32. The van der Waals surface area contributed by atoms with Crippen molar-refractivity contribution in [3.63, 3.8) is 0 Å². The Morgan fingerprint density at radius 2 is 1.85 bits per heavy atom. The molecule has 4 rings (SSSR count). The van der Waals surface area contributed by atoms with E-state index in [1.807, 2.05) is 11.7 Å². The zero-order valence-electron chi connectivity index (χ0n) is 19.0. The molecule has 0 N–H and O–H groups in total. The molecule has 3 heterocycles. The summed E-state index contributed by atoms with van der Waals surface area (Å²) < 4.78 is 21.8. The number of aryl methyl sites for hydroxylation is 2. The van der Waals surface area contributed by atoms with E-state index in [0.717, 1.165) is 34.6 Å². The van der Waals surface area contributed by atoms with Gasteiger partial charge in [-0.25, -0.2) is 23.8 Å². The summed E-state index contributed by atoms with van der Waals surface area (Å²) in [6.07, 6.45) is 2.69. The van der Waals surface area contributed by atoms with Crippen LogP contribution >= 0.6 is 0 Å². The highest BCUT2D eigenvalue weighted by atomic mass is 19.1. The Bertz CT molecular complexity index is 1290.